The van der Waals surface area contributed by atoms with Crippen LogP contribution >= 0.6 is 22.6 Å². The number of hydrogen-bond acceptors (Lipinski definition) is 3. The fourth-order valence-corrected chi connectivity index (χ4v) is 4.62. The zero-order valence-electron chi connectivity index (χ0n) is 12.1. The van der Waals surface area contributed by atoms with Gasteiger partial charge in [-0.1, -0.05) is 6.07 Å². The van der Waals surface area contributed by atoms with Crippen molar-refractivity contribution < 1.29 is 4.39 Å². The fraction of sp³-hybridized carbons (Fsp3) is 0.235. The van der Waals surface area contributed by atoms with Crippen LogP contribution in [-0.2, 0) is 5.41 Å². The smallest absolute Gasteiger partial charge is 0.123 e. The molecule has 116 valence electrons. The zero-order valence-corrected chi connectivity index (χ0v) is 14.3. The van der Waals surface area contributed by atoms with Crippen LogP contribution in [0.1, 0.15) is 23.5 Å². The average Bonchev–Trinajstić information content (AvgIpc) is 3.12. The Balaban J connectivity index is 1.60. The first-order valence-electron chi connectivity index (χ1n) is 7.55. The van der Waals surface area contributed by atoms with Crippen LogP contribution in [0, 0.1) is 9.52 Å². The maximum atomic E-state index is 13.7. The number of fused-ring (bicyclic) bond motifs is 3. The highest BCUT2D eigenvalue weighted by atomic mass is 127. The molecule has 3 aromatic rings. The van der Waals surface area contributed by atoms with Gasteiger partial charge in [-0.3, -0.25) is 5.10 Å². The number of nitrogens with two attached hydrogens (primary N) is 1. The van der Waals surface area contributed by atoms with Gasteiger partial charge in [-0.15, -0.1) is 0 Å². The van der Waals surface area contributed by atoms with Crippen molar-refractivity contribution in [1.29, 1.82) is 0 Å². The van der Waals surface area contributed by atoms with E-state index in [1.165, 1.54) is 11.6 Å². The Morgan fingerprint density at radius 3 is 3.00 bits per heavy atom. The Hall–Kier alpha value is -1.67. The first-order valence-corrected chi connectivity index (χ1v) is 8.63. The average molecular weight is 420 g/mol. The third-order valence-corrected chi connectivity index (χ3v) is 6.11. The summed E-state index contributed by atoms with van der Waals surface area (Å²) in [5.74, 6) is 0.0915. The molecule has 0 amide bonds. The number of rotatable bonds is 1. The molecule has 0 radical (unpaired) electrons. The largest absolute Gasteiger partial charge is 0.369 e. The SMILES string of the molecule is NC1Nc2ccc(F)cc2[C@]12CC2c1ccc2c(I)[nH]nc2c1. The second-order valence-corrected chi connectivity index (χ2v) is 7.50. The van der Waals surface area contributed by atoms with Gasteiger partial charge < -0.3 is 11.1 Å². The maximum Gasteiger partial charge on any atom is 0.123 e. The van der Waals surface area contributed by atoms with Gasteiger partial charge in [-0.05, 0) is 76.4 Å². The van der Waals surface area contributed by atoms with Crippen LogP contribution in [0.3, 0.4) is 0 Å². The molecule has 1 fully saturated rings. The van der Waals surface area contributed by atoms with Gasteiger partial charge in [0.1, 0.15) is 9.52 Å². The molecule has 2 heterocycles. The minimum atomic E-state index is -0.206. The Kier molecular flexibility index (Phi) is 2.66. The number of aromatic amines is 1. The van der Waals surface area contributed by atoms with Crippen LogP contribution in [0.4, 0.5) is 10.1 Å². The Bertz CT molecular complexity index is 953. The van der Waals surface area contributed by atoms with Crippen molar-refractivity contribution in [3.05, 3.63) is 57.0 Å². The minimum Gasteiger partial charge on any atom is -0.369 e. The van der Waals surface area contributed by atoms with E-state index in [4.69, 9.17) is 5.73 Å². The number of anilines is 1. The molecule has 1 aromatic heterocycles. The summed E-state index contributed by atoms with van der Waals surface area (Å²) >= 11 is 2.25. The van der Waals surface area contributed by atoms with Gasteiger partial charge in [0.25, 0.3) is 0 Å². The highest BCUT2D eigenvalue weighted by Gasteiger charge is 2.63. The van der Waals surface area contributed by atoms with E-state index in [0.717, 1.165) is 32.3 Å². The molecule has 6 heteroatoms. The second kappa shape index (κ2) is 4.45. The highest BCUT2D eigenvalue weighted by Crippen LogP contribution is 2.66. The van der Waals surface area contributed by atoms with E-state index < -0.39 is 0 Å². The molecule has 5 rings (SSSR count). The van der Waals surface area contributed by atoms with Crippen LogP contribution in [0.25, 0.3) is 10.9 Å². The summed E-state index contributed by atoms with van der Waals surface area (Å²) in [5.41, 5.74) is 10.3. The van der Waals surface area contributed by atoms with Crippen LogP contribution in [0.15, 0.2) is 36.4 Å². The van der Waals surface area contributed by atoms with E-state index in [1.54, 1.807) is 12.1 Å². The fourth-order valence-electron chi connectivity index (χ4n) is 4.04. The summed E-state index contributed by atoms with van der Waals surface area (Å²) in [6.07, 6.45) is 0.754. The van der Waals surface area contributed by atoms with E-state index in [2.05, 4.69) is 56.3 Å². The van der Waals surface area contributed by atoms with Gasteiger partial charge in [-0.25, -0.2) is 4.39 Å². The lowest BCUT2D eigenvalue weighted by Crippen LogP contribution is -2.36. The van der Waals surface area contributed by atoms with Crippen LogP contribution in [0.5, 0.6) is 0 Å². The molecule has 1 aliphatic heterocycles. The van der Waals surface area contributed by atoms with E-state index in [9.17, 15) is 4.39 Å². The summed E-state index contributed by atoms with van der Waals surface area (Å²) in [6.45, 7) is 0. The quantitative estimate of drug-likeness (QED) is 0.529. The lowest BCUT2D eigenvalue weighted by Gasteiger charge is -2.17. The molecule has 2 aromatic carbocycles. The number of benzene rings is 2. The molecule has 2 unspecified atom stereocenters. The highest BCUT2D eigenvalue weighted by molar-refractivity contribution is 14.1. The number of hydrogen-bond donors (Lipinski definition) is 3. The van der Waals surface area contributed by atoms with Crippen LogP contribution in [0.2, 0.25) is 0 Å². The van der Waals surface area contributed by atoms with Crippen molar-refractivity contribution in [2.24, 2.45) is 5.73 Å². The van der Waals surface area contributed by atoms with Crippen molar-refractivity contribution in [3.63, 3.8) is 0 Å². The molecule has 1 spiro atoms. The van der Waals surface area contributed by atoms with Crippen molar-refractivity contribution in [2.45, 2.75) is 23.9 Å². The lowest BCUT2D eigenvalue weighted by molar-refractivity contribution is 0.575. The van der Waals surface area contributed by atoms with Crippen molar-refractivity contribution in [1.82, 2.24) is 10.2 Å². The van der Waals surface area contributed by atoms with Crippen molar-refractivity contribution in [2.75, 3.05) is 5.32 Å². The third kappa shape index (κ3) is 1.76. The number of nitrogens with zero attached hydrogens (tertiary/aromatic N) is 1. The monoisotopic (exact) mass is 420 g/mol. The number of halogens is 2. The number of aromatic nitrogens is 2. The van der Waals surface area contributed by atoms with E-state index in [1.807, 2.05) is 0 Å². The van der Waals surface area contributed by atoms with Gasteiger partial charge in [0.15, 0.2) is 0 Å². The standard InChI is InChI=1S/C17H14FIN4/c18-9-2-4-13-11(6-9)17(16(20)21-13)7-12(17)8-1-3-10-14(5-8)22-23-15(10)19/h1-6,12,16,21H,7,20H2,(H,22,23)/t12?,16?,17-/m0/s1. The summed E-state index contributed by atoms with van der Waals surface area (Å²) in [5, 5.41) is 11.8. The zero-order chi connectivity index (χ0) is 15.8. The molecule has 4 nitrogen and oxygen atoms in total. The Labute approximate surface area is 145 Å². The van der Waals surface area contributed by atoms with Gasteiger partial charge in [0, 0.05) is 16.5 Å². The molecule has 1 saturated carbocycles. The predicted molar refractivity (Wildman–Crippen MR) is 95.8 cm³/mol. The van der Waals surface area contributed by atoms with E-state index in [0.29, 0.717) is 5.92 Å². The first kappa shape index (κ1) is 13.7. The second-order valence-electron chi connectivity index (χ2n) is 6.42. The molecule has 2 aliphatic rings. The van der Waals surface area contributed by atoms with Crippen molar-refractivity contribution in [3.8, 4) is 0 Å². The van der Waals surface area contributed by atoms with E-state index >= 15 is 0 Å². The molecule has 3 atom stereocenters. The van der Waals surface area contributed by atoms with Gasteiger partial charge in [-0.2, -0.15) is 5.10 Å². The van der Waals surface area contributed by atoms with Gasteiger partial charge in [0.05, 0.1) is 11.7 Å². The molecule has 4 N–H and O–H groups in total. The topological polar surface area (TPSA) is 66.7 Å². The van der Waals surface area contributed by atoms with Crippen LogP contribution in [-0.4, -0.2) is 16.4 Å². The molecular formula is C17H14FIN4. The maximum absolute atomic E-state index is 13.7. The summed E-state index contributed by atoms with van der Waals surface area (Å²) in [4.78, 5) is 0. The van der Waals surface area contributed by atoms with Gasteiger partial charge >= 0.3 is 0 Å². The molecule has 0 bridgehead atoms. The Morgan fingerprint density at radius 2 is 2.13 bits per heavy atom. The first-order chi connectivity index (χ1) is 11.1. The lowest BCUT2D eigenvalue weighted by atomic mass is 9.90. The Morgan fingerprint density at radius 1 is 1.26 bits per heavy atom. The summed E-state index contributed by atoms with van der Waals surface area (Å²) < 4.78 is 14.8. The predicted octanol–water partition coefficient (Wildman–Crippen LogP) is 3.44. The van der Waals surface area contributed by atoms with E-state index in [-0.39, 0.29) is 17.4 Å². The van der Waals surface area contributed by atoms with Crippen molar-refractivity contribution >= 4 is 39.2 Å². The number of H-pyrrole nitrogens is 1. The molecular weight excluding hydrogens is 406 g/mol. The molecule has 0 saturated heterocycles. The normalized spacial score (nSPS) is 28.1. The number of nitrogens with one attached hydrogen (secondary N) is 2. The molecule has 1 aliphatic carbocycles. The van der Waals surface area contributed by atoms with Crippen LogP contribution < -0.4 is 11.1 Å². The van der Waals surface area contributed by atoms with Gasteiger partial charge in [0.2, 0.25) is 0 Å². The molecule has 23 heavy (non-hydrogen) atoms. The minimum absolute atomic E-state index is 0.181. The summed E-state index contributed by atoms with van der Waals surface area (Å²) in [6, 6.07) is 11.3. The summed E-state index contributed by atoms with van der Waals surface area (Å²) in [7, 11) is 0. The third-order valence-electron chi connectivity index (χ3n) is 5.29.